The average molecular weight is 396 g/mol. The van der Waals surface area contributed by atoms with E-state index in [0.717, 1.165) is 19.3 Å². The van der Waals surface area contributed by atoms with E-state index in [1.54, 1.807) is 0 Å². The van der Waals surface area contributed by atoms with Gasteiger partial charge in [0.2, 0.25) is 0 Å². The second kappa shape index (κ2) is 5.88. The highest BCUT2D eigenvalue weighted by Gasteiger charge is 2.14. The van der Waals surface area contributed by atoms with Gasteiger partial charge in [0.1, 0.15) is 0 Å². The Hall–Kier alpha value is -1.61. The fourth-order valence-corrected chi connectivity index (χ4v) is 3.91. The van der Waals surface area contributed by atoms with Gasteiger partial charge in [0, 0.05) is 3.57 Å². The molecule has 3 aromatic rings. The highest BCUT2D eigenvalue weighted by Crippen LogP contribution is 2.27. The number of rotatable bonds is 0. The average Bonchev–Trinajstić information content (AvgIpc) is 2.59. The molecular weight excluding hydrogens is 379 g/mol. The Morgan fingerprint density at radius 1 is 0.500 bits per heavy atom. The molecule has 22 heavy (non-hydrogen) atoms. The van der Waals surface area contributed by atoms with E-state index >= 15 is 0 Å². The summed E-state index contributed by atoms with van der Waals surface area (Å²) in [4.78, 5) is 0. The number of benzene rings is 3. The van der Waals surface area contributed by atoms with E-state index in [1.807, 2.05) is 0 Å². The zero-order valence-electron chi connectivity index (χ0n) is 12.4. The summed E-state index contributed by atoms with van der Waals surface area (Å²) in [6.45, 7) is 0. The minimum absolute atomic E-state index is 1.04. The van der Waals surface area contributed by atoms with E-state index in [1.165, 1.54) is 37.0 Å². The van der Waals surface area contributed by atoms with Crippen molar-refractivity contribution in [2.45, 2.75) is 19.3 Å². The van der Waals surface area contributed by atoms with Crippen LogP contribution in [0.1, 0.15) is 33.4 Å². The first-order valence-electron chi connectivity index (χ1n) is 7.70. The second-order valence-corrected chi connectivity index (χ2v) is 7.23. The lowest BCUT2D eigenvalue weighted by atomic mass is 9.95. The van der Waals surface area contributed by atoms with Gasteiger partial charge in [-0.25, -0.2) is 0 Å². The molecule has 0 heterocycles. The molecular formula is C21H17I. The van der Waals surface area contributed by atoms with Crippen molar-refractivity contribution in [3.8, 4) is 0 Å². The van der Waals surface area contributed by atoms with E-state index in [9.17, 15) is 0 Å². The first-order valence-corrected chi connectivity index (χ1v) is 8.78. The first-order chi connectivity index (χ1) is 10.8. The van der Waals surface area contributed by atoms with E-state index in [2.05, 4.69) is 89.3 Å². The molecule has 0 spiro atoms. The van der Waals surface area contributed by atoms with Gasteiger partial charge >= 0.3 is 0 Å². The molecule has 0 radical (unpaired) electrons. The van der Waals surface area contributed by atoms with E-state index < -0.39 is 0 Å². The summed E-state index contributed by atoms with van der Waals surface area (Å²) in [6, 6.07) is 24.7. The minimum atomic E-state index is 1.04. The molecule has 0 unspecified atom stereocenters. The molecule has 0 nitrogen and oxygen atoms in total. The lowest BCUT2D eigenvalue weighted by molar-refractivity contribution is 1.09. The zero-order chi connectivity index (χ0) is 14.9. The molecule has 0 aliphatic heterocycles. The minimum Gasteiger partial charge on any atom is -0.0620 e. The Balaban J connectivity index is 1.94. The topological polar surface area (TPSA) is 0 Å². The van der Waals surface area contributed by atoms with Crippen molar-refractivity contribution in [2.24, 2.45) is 0 Å². The van der Waals surface area contributed by atoms with Crippen LogP contribution in [0, 0.1) is 3.57 Å². The largest absolute Gasteiger partial charge is 0.0620 e. The third-order valence-corrected chi connectivity index (χ3v) is 5.22. The molecule has 0 saturated carbocycles. The molecule has 0 fully saturated rings. The molecule has 0 saturated heterocycles. The SMILES string of the molecule is Ic1ccc2c(c1)Cc1ccccc1Cc1ccccc1C2. The molecule has 1 aliphatic rings. The van der Waals surface area contributed by atoms with Gasteiger partial charge in [0.15, 0.2) is 0 Å². The van der Waals surface area contributed by atoms with Crippen molar-refractivity contribution < 1.29 is 0 Å². The molecule has 3 aromatic carbocycles. The van der Waals surface area contributed by atoms with E-state index in [4.69, 9.17) is 0 Å². The molecule has 0 amide bonds. The number of halogens is 1. The van der Waals surface area contributed by atoms with Crippen LogP contribution in [-0.2, 0) is 19.3 Å². The Morgan fingerprint density at radius 2 is 0.909 bits per heavy atom. The van der Waals surface area contributed by atoms with Crippen molar-refractivity contribution in [3.63, 3.8) is 0 Å². The summed E-state index contributed by atoms with van der Waals surface area (Å²) >= 11 is 2.42. The van der Waals surface area contributed by atoms with Gasteiger partial charge in [-0.2, -0.15) is 0 Å². The quantitative estimate of drug-likeness (QED) is 0.350. The Bertz CT molecular complexity index is 827. The molecule has 1 aliphatic carbocycles. The van der Waals surface area contributed by atoms with Gasteiger partial charge in [0.25, 0.3) is 0 Å². The van der Waals surface area contributed by atoms with Crippen molar-refractivity contribution in [1.82, 2.24) is 0 Å². The lowest BCUT2D eigenvalue weighted by Crippen LogP contribution is -1.98. The van der Waals surface area contributed by atoms with Gasteiger partial charge in [-0.05, 0) is 87.4 Å². The summed E-state index contributed by atoms with van der Waals surface area (Å²) in [5.41, 5.74) is 8.77. The van der Waals surface area contributed by atoms with Crippen LogP contribution in [0.2, 0.25) is 0 Å². The molecule has 1 heteroatoms. The summed E-state index contributed by atoms with van der Waals surface area (Å²) in [5, 5.41) is 0. The van der Waals surface area contributed by atoms with Crippen LogP contribution in [0.5, 0.6) is 0 Å². The highest BCUT2D eigenvalue weighted by molar-refractivity contribution is 14.1. The fraction of sp³-hybridized carbons (Fsp3) is 0.143. The zero-order valence-corrected chi connectivity index (χ0v) is 14.5. The van der Waals surface area contributed by atoms with Crippen LogP contribution in [0.15, 0.2) is 66.7 Å². The van der Waals surface area contributed by atoms with Gasteiger partial charge in [0.05, 0.1) is 0 Å². The Kier molecular flexibility index (Phi) is 3.75. The number of fused-ring (bicyclic) bond motifs is 3. The predicted molar refractivity (Wildman–Crippen MR) is 100 cm³/mol. The monoisotopic (exact) mass is 396 g/mol. The van der Waals surface area contributed by atoms with Crippen molar-refractivity contribution in [3.05, 3.63) is 104 Å². The van der Waals surface area contributed by atoms with Gasteiger partial charge < -0.3 is 0 Å². The maximum Gasteiger partial charge on any atom is 0.0133 e. The molecule has 0 N–H and O–H groups in total. The molecule has 0 aromatic heterocycles. The summed E-state index contributed by atoms with van der Waals surface area (Å²) in [5.74, 6) is 0. The third-order valence-electron chi connectivity index (χ3n) is 4.55. The summed E-state index contributed by atoms with van der Waals surface area (Å²) in [6.07, 6.45) is 3.12. The van der Waals surface area contributed by atoms with Crippen LogP contribution in [0.3, 0.4) is 0 Å². The summed E-state index contributed by atoms with van der Waals surface area (Å²) in [7, 11) is 0. The van der Waals surface area contributed by atoms with Gasteiger partial charge in [-0.15, -0.1) is 0 Å². The standard InChI is InChI=1S/C21H17I/c22-21-10-9-19-12-17-7-2-1-5-15(17)11-16-6-3-4-8-18(16)13-20(19)14-21/h1-10,14H,11-13H2. The van der Waals surface area contributed by atoms with Crippen molar-refractivity contribution in [2.75, 3.05) is 0 Å². The van der Waals surface area contributed by atoms with Crippen molar-refractivity contribution in [1.29, 1.82) is 0 Å². The molecule has 0 atom stereocenters. The maximum absolute atomic E-state index is 2.42. The summed E-state index contributed by atoms with van der Waals surface area (Å²) < 4.78 is 1.32. The normalized spacial score (nSPS) is 13.1. The van der Waals surface area contributed by atoms with Crippen molar-refractivity contribution >= 4 is 22.6 Å². The lowest BCUT2D eigenvalue weighted by Gasteiger charge is -2.11. The van der Waals surface area contributed by atoms with Crippen LogP contribution >= 0.6 is 22.6 Å². The molecule has 4 rings (SSSR count). The van der Waals surface area contributed by atoms with E-state index in [-0.39, 0.29) is 0 Å². The molecule has 108 valence electrons. The highest BCUT2D eigenvalue weighted by atomic mass is 127. The van der Waals surface area contributed by atoms with Crippen LogP contribution in [0.4, 0.5) is 0 Å². The van der Waals surface area contributed by atoms with Gasteiger partial charge in [-0.3, -0.25) is 0 Å². The second-order valence-electron chi connectivity index (χ2n) is 5.98. The maximum atomic E-state index is 2.42. The predicted octanol–water partition coefficient (Wildman–Crippen LogP) is 5.38. The molecule has 0 bridgehead atoms. The van der Waals surface area contributed by atoms with Crippen LogP contribution in [-0.4, -0.2) is 0 Å². The first kappa shape index (κ1) is 14.0. The fourth-order valence-electron chi connectivity index (χ4n) is 3.35. The van der Waals surface area contributed by atoms with Crippen LogP contribution in [0.25, 0.3) is 0 Å². The number of hydrogen-bond acceptors (Lipinski definition) is 0. The Morgan fingerprint density at radius 3 is 1.41 bits per heavy atom. The van der Waals surface area contributed by atoms with Gasteiger partial charge in [-0.1, -0.05) is 54.6 Å². The number of hydrogen-bond donors (Lipinski definition) is 0. The van der Waals surface area contributed by atoms with Crippen LogP contribution < -0.4 is 0 Å². The third kappa shape index (κ3) is 2.70. The smallest absolute Gasteiger partial charge is 0.0133 e. The van der Waals surface area contributed by atoms with E-state index in [0.29, 0.717) is 0 Å². The Labute approximate surface area is 145 Å².